The SMILES string of the molecule is Cc1cc(OC2CCN(C(=O)OCCCc3cnoc3)CC2)cc(=O)n1C. The summed E-state index contributed by atoms with van der Waals surface area (Å²) in [6.07, 6.45) is 5.89. The van der Waals surface area contributed by atoms with Crippen LogP contribution < -0.4 is 10.3 Å². The molecule has 0 aromatic carbocycles. The van der Waals surface area contributed by atoms with Crippen molar-refractivity contribution in [2.24, 2.45) is 7.05 Å². The fraction of sp³-hybridized carbons (Fsp3) is 0.526. The third-order valence-corrected chi connectivity index (χ3v) is 4.80. The molecule has 2 aromatic rings. The largest absolute Gasteiger partial charge is 0.490 e. The summed E-state index contributed by atoms with van der Waals surface area (Å²) >= 11 is 0. The zero-order chi connectivity index (χ0) is 19.2. The molecule has 1 fully saturated rings. The first-order valence-corrected chi connectivity index (χ1v) is 9.17. The number of likely N-dealkylation sites (tertiary alicyclic amines) is 1. The summed E-state index contributed by atoms with van der Waals surface area (Å²) < 4.78 is 17.6. The lowest BCUT2D eigenvalue weighted by molar-refractivity contribution is 0.0670. The third kappa shape index (κ3) is 5.12. The topological polar surface area (TPSA) is 86.8 Å². The molecule has 1 aliphatic heterocycles. The Bertz CT molecular complexity index is 807. The molecule has 2 aromatic heterocycles. The van der Waals surface area contributed by atoms with Crippen molar-refractivity contribution in [1.29, 1.82) is 0 Å². The quantitative estimate of drug-likeness (QED) is 0.720. The van der Waals surface area contributed by atoms with Crippen molar-refractivity contribution in [3.8, 4) is 5.75 Å². The number of rotatable bonds is 6. The van der Waals surface area contributed by atoms with Crippen LogP contribution in [-0.2, 0) is 18.2 Å². The van der Waals surface area contributed by atoms with Crippen molar-refractivity contribution in [1.82, 2.24) is 14.6 Å². The standard InChI is InChI=1S/C19H25N3O5/c1-14-10-17(11-18(23)21(14)2)27-16-5-7-22(8-6-16)19(24)25-9-3-4-15-12-20-26-13-15/h10-13,16H,3-9H2,1-2H3. The number of hydrogen-bond donors (Lipinski definition) is 0. The molecule has 0 atom stereocenters. The van der Waals surface area contributed by atoms with E-state index in [2.05, 4.69) is 5.16 Å². The summed E-state index contributed by atoms with van der Waals surface area (Å²) in [4.78, 5) is 25.7. The maximum Gasteiger partial charge on any atom is 0.409 e. The summed E-state index contributed by atoms with van der Waals surface area (Å²) in [7, 11) is 1.73. The number of nitrogens with zero attached hydrogens (tertiary/aromatic N) is 3. The van der Waals surface area contributed by atoms with Gasteiger partial charge in [0.1, 0.15) is 18.1 Å². The summed E-state index contributed by atoms with van der Waals surface area (Å²) in [5.41, 5.74) is 1.76. The van der Waals surface area contributed by atoms with Gasteiger partial charge in [-0.3, -0.25) is 4.79 Å². The molecular formula is C19H25N3O5. The molecule has 1 amide bonds. The molecule has 0 bridgehead atoms. The normalized spacial score (nSPS) is 15.0. The Labute approximate surface area is 157 Å². The Morgan fingerprint density at radius 1 is 1.33 bits per heavy atom. The van der Waals surface area contributed by atoms with Gasteiger partial charge in [-0.1, -0.05) is 5.16 Å². The van der Waals surface area contributed by atoms with Crippen LogP contribution in [-0.4, -0.2) is 46.5 Å². The number of aryl methyl sites for hydroxylation is 2. The van der Waals surface area contributed by atoms with Gasteiger partial charge in [0.05, 0.1) is 12.8 Å². The van der Waals surface area contributed by atoms with Gasteiger partial charge >= 0.3 is 6.09 Å². The molecule has 0 spiro atoms. The summed E-state index contributed by atoms with van der Waals surface area (Å²) in [6, 6.07) is 3.36. The minimum atomic E-state index is -0.289. The van der Waals surface area contributed by atoms with Crippen molar-refractivity contribution in [3.63, 3.8) is 0 Å². The number of piperidine rings is 1. The van der Waals surface area contributed by atoms with Crippen molar-refractivity contribution >= 4 is 6.09 Å². The Morgan fingerprint density at radius 3 is 2.78 bits per heavy atom. The summed E-state index contributed by atoms with van der Waals surface area (Å²) in [5.74, 6) is 0.588. The number of pyridine rings is 1. The van der Waals surface area contributed by atoms with Crippen LogP contribution in [0, 0.1) is 6.92 Å². The molecule has 0 N–H and O–H groups in total. The van der Waals surface area contributed by atoms with Gasteiger partial charge in [0.15, 0.2) is 0 Å². The molecule has 8 nitrogen and oxygen atoms in total. The molecule has 0 aliphatic carbocycles. The van der Waals surface area contributed by atoms with Crippen LogP contribution in [0.3, 0.4) is 0 Å². The van der Waals surface area contributed by atoms with Gasteiger partial charge in [-0.15, -0.1) is 0 Å². The maximum atomic E-state index is 12.1. The Kier molecular flexibility index (Phi) is 6.16. The average Bonchev–Trinajstić information content (AvgIpc) is 3.17. The first kappa shape index (κ1) is 19.0. The lowest BCUT2D eigenvalue weighted by Crippen LogP contribution is -2.42. The van der Waals surface area contributed by atoms with Crippen molar-refractivity contribution in [2.45, 2.75) is 38.7 Å². The highest BCUT2D eigenvalue weighted by Crippen LogP contribution is 2.19. The second-order valence-electron chi connectivity index (χ2n) is 6.78. The van der Waals surface area contributed by atoms with Gasteiger partial charge in [0, 0.05) is 50.3 Å². The molecule has 146 valence electrons. The molecule has 1 aliphatic rings. The Balaban J connectivity index is 1.39. The second-order valence-corrected chi connectivity index (χ2v) is 6.78. The number of amides is 1. The number of ether oxygens (including phenoxy) is 2. The van der Waals surface area contributed by atoms with Crippen LogP contribution in [0.1, 0.15) is 30.5 Å². The van der Waals surface area contributed by atoms with E-state index in [0.29, 0.717) is 38.3 Å². The minimum absolute atomic E-state index is 0.00542. The average molecular weight is 375 g/mol. The lowest BCUT2D eigenvalue weighted by atomic mass is 10.1. The fourth-order valence-corrected chi connectivity index (χ4v) is 3.03. The first-order chi connectivity index (χ1) is 13.0. The van der Waals surface area contributed by atoms with Gasteiger partial charge in [-0.05, 0) is 25.8 Å². The van der Waals surface area contributed by atoms with Crippen LogP contribution in [0.4, 0.5) is 4.79 Å². The van der Waals surface area contributed by atoms with Crippen molar-refractivity contribution < 1.29 is 18.8 Å². The van der Waals surface area contributed by atoms with Crippen molar-refractivity contribution in [3.05, 3.63) is 46.2 Å². The highest BCUT2D eigenvalue weighted by molar-refractivity contribution is 5.67. The van der Waals surface area contributed by atoms with Gasteiger partial charge < -0.3 is 23.5 Å². The molecule has 0 unspecified atom stereocenters. The van der Waals surface area contributed by atoms with Gasteiger partial charge in [-0.2, -0.15) is 0 Å². The number of hydrogen-bond acceptors (Lipinski definition) is 6. The van der Waals surface area contributed by atoms with Crippen LogP contribution in [0.5, 0.6) is 5.75 Å². The van der Waals surface area contributed by atoms with Gasteiger partial charge in [0.2, 0.25) is 0 Å². The minimum Gasteiger partial charge on any atom is -0.490 e. The Morgan fingerprint density at radius 2 is 2.11 bits per heavy atom. The van der Waals surface area contributed by atoms with Gasteiger partial charge in [0.25, 0.3) is 5.56 Å². The van der Waals surface area contributed by atoms with E-state index in [1.807, 2.05) is 13.0 Å². The lowest BCUT2D eigenvalue weighted by Gasteiger charge is -2.31. The predicted octanol–water partition coefficient (Wildman–Crippen LogP) is 2.29. The zero-order valence-electron chi connectivity index (χ0n) is 15.7. The van der Waals surface area contributed by atoms with Gasteiger partial charge in [-0.25, -0.2) is 4.79 Å². The maximum absolute atomic E-state index is 12.1. The molecule has 1 saturated heterocycles. The molecular weight excluding hydrogens is 350 g/mol. The smallest absolute Gasteiger partial charge is 0.409 e. The number of aromatic nitrogens is 2. The number of carbonyl (C=O) groups excluding carboxylic acids is 1. The highest BCUT2D eigenvalue weighted by atomic mass is 16.6. The fourth-order valence-electron chi connectivity index (χ4n) is 3.03. The second kappa shape index (κ2) is 8.75. The van der Waals surface area contributed by atoms with E-state index < -0.39 is 0 Å². The molecule has 8 heteroatoms. The van der Waals surface area contributed by atoms with Crippen LogP contribution in [0.15, 0.2) is 33.9 Å². The Hall–Kier alpha value is -2.77. The van der Waals surface area contributed by atoms with E-state index in [9.17, 15) is 9.59 Å². The van der Waals surface area contributed by atoms with E-state index in [-0.39, 0.29) is 17.8 Å². The first-order valence-electron chi connectivity index (χ1n) is 9.17. The zero-order valence-corrected chi connectivity index (χ0v) is 15.7. The number of carbonyl (C=O) groups is 1. The molecule has 3 heterocycles. The molecule has 3 rings (SSSR count). The molecule has 27 heavy (non-hydrogen) atoms. The molecule has 0 saturated carbocycles. The van der Waals surface area contributed by atoms with Crippen molar-refractivity contribution in [2.75, 3.05) is 19.7 Å². The van der Waals surface area contributed by atoms with Crippen LogP contribution in [0.2, 0.25) is 0 Å². The van der Waals surface area contributed by atoms with Crippen LogP contribution >= 0.6 is 0 Å². The molecule has 0 radical (unpaired) electrons. The predicted molar refractivity (Wildman–Crippen MR) is 97.8 cm³/mol. The third-order valence-electron chi connectivity index (χ3n) is 4.80. The van der Waals surface area contributed by atoms with E-state index in [1.54, 1.807) is 29.0 Å². The van der Waals surface area contributed by atoms with Crippen LogP contribution in [0.25, 0.3) is 0 Å². The van der Waals surface area contributed by atoms with E-state index in [4.69, 9.17) is 14.0 Å². The summed E-state index contributed by atoms with van der Waals surface area (Å²) in [6.45, 7) is 3.40. The van der Waals surface area contributed by atoms with E-state index in [1.165, 1.54) is 6.07 Å². The van der Waals surface area contributed by atoms with E-state index in [0.717, 1.165) is 24.1 Å². The monoisotopic (exact) mass is 375 g/mol. The van der Waals surface area contributed by atoms with E-state index >= 15 is 0 Å². The summed E-state index contributed by atoms with van der Waals surface area (Å²) in [5, 5.41) is 3.64. The highest BCUT2D eigenvalue weighted by Gasteiger charge is 2.25.